The number of nitrogens with one attached hydrogen (secondary N) is 2. The maximum absolute atomic E-state index is 14.2. The largest absolute Gasteiger partial charge is 0.364 e. The average molecular weight is 487 g/mol. The lowest BCUT2D eigenvalue weighted by Gasteiger charge is -2.29. The van der Waals surface area contributed by atoms with Gasteiger partial charge in [-0.1, -0.05) is 41.9 Å². The zero-order chi connectivity index (χ0) is 24.2. The lowest BCUT2D eigenvalue weighted by Crippen LogP contribution is -2.53. The third-order valence-electron chi connectivity index (χ3n) is 5.75. The number of nitrogens with two attached hydrogens (primary N) is 1. The molecule has 2 heterocycles. The summed E-state index contributed by atoms with van der Waals surface area (Å²) in [5.41, 5.74) is 6.37. The van der Waals surface area contributed by atoms with Crippen LogP contribution in [0.2, 0.25) is 5.02 Å². The van der Waals surface area contributed by atoms with E-state index < -0.39 is 23.7 Å². The molecule has 0 bridgehead atoms. The topological polar surface area (TPSA) is 122 Å². The number of aromatic nitrogens is 2. The van der Waals surface area contributed by atoms with Crippen molar-refractivity contribution in [3.05, 3.63) is 64.6 Å². The standard InChI is InChI=1S/C23H24ClFN6O3/c24-16-7-3-5-14(20(16)25)11-28-23(34)18-12-27-9-4-10-30(18)19(32)13-31-17-8-2-1-6-15(17)21(29-31)22(26)33/h1-3,5-8,18,27H,4,9-13H2,(H2,26,33)(H,28,34). The van der Waals surface area contributed by atoms with Crippen LogP contribution in [0.25, 0.3) is 10.9 Å². The monoisotopic (exact) mass is 486 g/mol. The van der Waals surface area contributed by atoms with Crippen LogP contribution >= 0.6 is 11.6 Å². The number of benzene rings is 2. The molecule has 178 valence electrons. The molecule has 1 aliphatic heterocycles. The Kier molecular flexibility index (Phi) is 7.09. The number of primary amides is 1. The molecule has 3 amide bonds. The lowest BCUT2D eigenvalue weighted by molar-refractivity contribution is -0.140. The first-order chi connectivity index (χ1) is 16.4. The van der Waals surface area contributed by atoms with Gasteiger partial charge in [0.1, 0.15) is 18.4 Å². The van der Waals surface area contributed by atoms with Gasteiger partial charge >= 0.3 is 0 Å². The van der Waals surface area contributed by atoms with E-state index in [0.29, 0.717) is 30.4 Å². The molecule has 1 saturated heterocycles. The maximum atomic E-state index is 14.2. The molecule has 0 spiro atoms. The maximum Gasteiger partial charge on any atom is 0.269 e. The van der Waals surface area contributed by atoms with Gasteiger partial charge < -0.3 is 21.3 Å². The van der Waals surface area contributed by atoms with Crippen molar-refractivity contribution in [2.24, 2.45) is 5.73 Å². The fourth-order valence-electron chi connectivity index (χ4n) is 4.05. The van der Waals surface area contributed by atoms with Crippen molar-refractivity contribution in [3.8, 4) is 0 Å². The fraction of sp³-hybridized carbons (Fsp3) is 0.304. The molecule has 9 nitrogen and oxygen atoms in total. The summed E-state index contributed by atoms with van der Waals surface area (Å²) >= 11 is 5.82. The zero-order valence-electron chi connectivity index (χ0n) is 18.3. The Hall–Kier alpha value is -3.50. The molecule has 1 aliphatic rings. The van der Waals surface area contributed by atoms with Gasteiger partial charge in [0.05, 0.1) is 10.5 Å². The lowest BCUT2D eigenvalue weighted by atomic mass is 10.2. The predicted octanol–water partition coefficient (Wildman–Crippen LogP) is 1.43. The van der Waals surface area contributed by atoms with Gasteiger partial charge in [0.2, 0.25) is 11.8 Å². The quantitative estimate of drug-likeness (QED) is 0.486. The number of nitrogens with zero attached hydrogens (tertiary/aromatic N) is 3. The van der Waals surface area contributed by atoms with Crippen LogP contribution in [0.1, 0.15) is 22.5 Å². The van der Waals surface area contributed by atoms with Crippen LogP contribution in [0.4, 0.5) is 4.39 Å². The molecule has 0 radical (unpaired) electrons. The van der Waals surface area contributed by atoms with Crippen LogP contribution in [-0.2, 0) is 22.7 Å². The minimum atomic E-state index is -0.797. The average Bonchev–Trinajstić information content (AvgIpc) is 3.01. The summed E-state index contributed by atoms with van der Waals surface area (Å²) in [7, 11) is 0. The van der Waals surface area contributed by atoms with E-state index in [9.17, 15) is 18.8 Å². The number of halogens is 2. The third kappa shape index (κ3) is 4.87. The Labute approximate surface area is 200 Å². The molecule has 1 atom stereocenters. The van der Waals surface area contributed by atoms with E-state index in [1.165, 1.54) is 21.7 Å². The smallest absolute Gasteiger partial charge is 0.269 e. The van der Waals surface area contributed by atoms with Crippen LogP contribution in [0.5, 0.6) is 0 Å². The van der Waals surface area contributed by atoms with Gasteiger partial charge in [-0.15, -0.1) is 0 Å². The van der Waals surface area contributed by atoms with Crippen molar-refractivity contribution >= 4 is 40.2 Å². The second-order valence-corrected chi connectivity index (χ2v) is 8.39. The molecule has 3 aromatic rings. The van der Waals surface area contributed by atoms with Gasteiger partial charge in [-0.05, 0) is 25.1 Å². The van der Waals surface area contributed by atoms with Crippen LogP contribution < -0.4 is 16.4 Å². The molecule has 1 aromatic heterocycles. The Balaban J connectivity index is 1.52. The molecule has 34 heavy (non-hydrogen) atoms. The predicted molar refractivity (Wildman–Crippen MR) is 124 cm³/mol. The number of para-hydroxylation sites is 1. The zero-order valence-corrected chi connectivity index (χ0v) is 19.0. The first-order valence-electron chi connectivity index (χ1n) is 10.8. The van der Waals surface area contributed by atoms with Crippen LogP contribution in [-0.4, -0.2) is 58.1 Å². The summed E-state index contributed by atoms with van der Waals surface area (Å²) in [6, 6.07) is 10.8. The Morgan fingerprint density at radius 1 is 1.21 bits per heavy atom. The number of carbonyl (C=O) groups excluding carboxylic acids is 3. The van der Waals surface area contributed by atoms with Crippen molar-refractivity contribution in [3.63, 3.8) is 0 Å². The molecule has 11 heteroatoms. The van der Waals surface area contributed by atoms with Gasteiger partial charge in [0, 0.05) is 30.6 Å². The van der Waals surface area contributed by atoms with Crippen LogP contribution in [0.3, 0.4) is 0 Å². The van der Waals surface area contributed by atoms with Crippen molar-refractivity contribution in [2.75, 3.05) is 19.6 Å². The summed E-state index contributed by atoms with van der Waals surface area (Å²) in [6.45, 7) is 1.03. The van der Waals surface area contributed by atoms with Crippen molar-refractivity contribution in [2.45, 2.75) is 25.6 Å². The molecular weight excluding hydrogens is 463 g/mol. The minimum absolute atomic E-state index is 0.0264. The van der Waals surface area contributed by atoms with E-state index in [1.54, 1.807) is 30.3 Å². The summed E-state index contributed by atoms with van der Waals surface area (Å²) < 4.78 is 15.6. The van der Waals surface area contributed by atoms with Crippen LogP contribution in [0.15, 0.2) is 42.5 Å². The first kappa shape index (κ1) is 23.7. The summed E-state index contributed by atoms with van der Waals surface area (Å²) in [6.07, 6.45) is 0.658. The summed E-state index contributed by atoms with van der Waals surface area (Å²) in [5, 5.41) is 10.6. The molecule has 1 fully saturated rings. The van der Waals surface area contributed by atoms with Crippen molar-refractivity contribution < 1.29 is 18.8 Å². The molecule has 2 aromatic carbocycles. The normalized spacial score (nSPS) is 16.3. The van der Waals surface area contributed by atoms with Gasteiger partial charge in [0.25, 0.3) is 5.91 Å². The molecule has 4 N–H and O–H groups in total. The van der Waals surface area contributed by atoms with Gasteiger partial charge in [-0.25, -0.2) is 4.39 Å². The number of fused-ring (bicyclic) bond motifs is 1. The summed E-state index contributed by atoms with van der Waals surface area (Å²) in [4.78, 5) is 39.6. The number of hydrogen-bond acceptors (Lipinski definition) is 5. The highest BCUT2D eigenvalue weighted by Gasteiger charge is 2.31. The van der Waals surface area contributed by atoms with Gasteiger partial charge in [-0.2, -0.15) is 5.10 Å². The highest BCUT2D eigenvalue weighted by molar-refractivity contribution is 6.30. The molecule has 4 rings (SSSR count). The Bertz CT molecular complexity index is 1250. The summed E-state index contributed by atoms with van der Waals surface area (Å²) in [5.74, 6) is -2.02. The number of carbonyl (C=O) groups is 3. The van der Waals surface area contributed by atoms with Crippen molar-refractivity contribution in [1.82, 2.24) is 25.3 Å². The van der Waals surface area contributed by atoms with E-state index in [0.717, 1.165) is 0 Å². The number of rotatable bonds is 6. The van der Waals surface area contributed by atoms with Gasteiger partial charge in [-0.3, -0.25) is 19.1 Å². The Morgan fingerprint density at radius 3 is 2.79 bits per heavy atom. The minimum Gasteiger partial charge on any atom is -0.364 e. The van der Waals surface area contributed by atoms with Crippen LogP contribution in [0, 0.1) is 5.82 Å². The van der Waals surface area contributed by atoms with E-state index in [2.05, 4.69) is 15.7 Å². The molecule has 0 aliphatic carbocycles. The number of amides is 3. The van der Waals surface area contributed by atoms with E-state index in [-0.39, 0.29) is 41.8 Å². The highest BCUT2D eigenvalue weighted by atomic mass is 35.5. The number of hydrogen-bond donors (Lipinski definition) is 3. The van der Waals surface area contributed by atoms with E-state index in [1.807, 2.05) is 0 Å². The Morgan fingerprint density at radius 2 is 2.00 bits per heavy atom. The van der Waals surface area contributed by atoms with E-state index >= 15 is 0 Å². The highest BCUT2D eigenvalue weighted by Crippen LogP contribution is 2.20. The molecule has 1 unspecified atom stereocenters. The van der Waals surface area contributed by atoms with Crippen molar-refractivity contribution in [1.29, 1.82) is 0 Å². The SMILES string of the molecule is NC(=O)c1nn(CC(=O)N2CCCNCC2C(=O)NCc2cccc(Cl)c2F)c2ccccc12. The second-order valence-electron chi connectivity index (χ2n) is 7.98. The second kappa shape index (κ2) is 10.2. The third-order valence-corrected chi connectivity index (χ3v) is 6.04. The fourth-order valence-corrected chi connectivity index (χ4v) is 4.24. The first-order valence-corrected chi connectivity index (χ1v) is 11.2. The molecular formula is C23H24ClFN6O3. The molecule has 0 saturated carbocycles. The van der Waals surface area contributed by atoms with Gasteiger partial charge in [0.15, 0.2) is 5.69 Å². The van der Waals surface area contributed by atoms with E-state index in [4.69, 9.17) is 17.3 Å².